The van der Waals surface area contributed by atoms with Crippen LogP contribution in [0, 0.1) is 0 Å². The quantitative estimate of drug-likeness (QED) is 0.202. The van der Waals surface area contributed by atoms with E-state index in [-0.39, 0.29) is 5.60 Å². The minimum Gasteiger partial charge on any atom is -0.489 e. The first-order valence-electron chi connectivity index (χ1n) is 17.6. The molecule has 0 radical (unpaired) electrons. The van der Waals surface area contributed by atoms with Crippen LogP contribution in [-0.4, -0.2) is 0 Å². The normalized spacial score (nSPS) is 19.2. The summed E-state index contributed by atoms with van der Waals surface area (Å²) in [4.78, 5) is 0. The Morgan fingerprint density at radius 1 is 0.556 bits per heavy atom. The predicted molar refractivity (Wildman–Crippen MR) is 181 cm³/mol. The van der Waals surface area contributed by atoms with Gasteiger partial charge in [-0.3, -0.25) is 0 Å². The molecule has 1 heterocycles. The summed E-state index contributed by atoms with van der Waals surface area (Å²) < 4.78 is 20.5. The molecule has 3 saturated carbocycles. The van der Waals surface area contributed by atoms with E-state index in [0.29, 0.717) is 25.0 Å². The minimum absolute atomic E-state index is 0.276. The van der Waals surface area contributed by atoms with Gasteiger partial charge < -0.3 is 14.2 Å². The van der Waals surface area contributed by atoms with Gasteiger partial charge in [-0.1, -0.05) is 99.2 Å². The molecule has 8 rings (SSSR count). The van der Waals surface area contributed by atoms with E-state index in [1.165, 1.54) is 110 Å². The van der Waals surface area contributed by atoms with Crippen molar-refractivity contribution in [3.05, 3.63) is 113 Å². The molecule has 3 heteroatoms. The van der Waals surface area contributed by atoms with Crippen molar-refractivity contribution in [2.75, 3.05) is 0 Å². The van der Waals surface area contributed by atoms with Crippen molar-refractivity contribution >= 4 is 0 Å². The van der Waals surface area contributed by atoms with Gasteiger partial charge in [0, 0.05) is 17.2 Å². The number of fused-ring (bicyclic) bond motifs is 4. The van der Waals surface area contributed by atoms with Crippen molar-refractivity contribution < 1.29 is 14.2 Å². The van der Waals surface area contributed by atoms with Crippen molar-refractivity contribution in [2.24, 2.45) is 0 Å². The van der Waals surface area contributed by atoms with Gasteiger partial charge in [0.1, 0.15) is 36.1 Å². The maximum Gasteiger partial charge on any atom is 0.135 e. The van der Waals surface area contributed by atoms with E-state index in [1.54, 1.807) is 0 Å². The minimum atomic E-state index is -0.276. The predicted octanol–water partition coefficient (Wildman–Crippen LogP) is 11.4. The van der Waals surface area contributed by atoms with Gasteiger partial charge in [-0.2, -0.15) is 0 Å². The van der Waals surface area contributed by atoms with Gasteiger partial charge in [-0.25, -0.2) is 0 Å². The maximum absolute atomic E-state index is 7.08. The van der Waals surface area contributed by atoms with Crippen LogP contribution in [0.4, 0.5) is 0 Å². The SMILES string of the molecule is c1ccc(COc2cc3c(cc2C2CCCCC2)-c2cc(C4CCCCC4)c(OCc4ccccc4)cc2C2(CCC2)O3)cc1. The zero-order chi connectivity index (χ0) is 30.1. The first kappa shape index (κ1) is 28.7. The van der Waals surface area contributed by atoms with E-state index in [9.17, 15) is 0 Å². The molecule has 0 atom stereocenters. The molecule has 232 valence electrons. The van der Waals surface area contributed by atoms with E-state index < -0.39 is 0 Å². The molecule has 0 aromatic heterocycles. The van der Waals surface area contributed by atoms with E-state index in [1.807, 2.05) is 0 Å². The Hall–Kier alpha value is -3.72. The third kappa shape index (κ3) is 5.75. The molecule has 4 aliphatic rings. The summed E-state index contributed by atoms with van der Waals surface area (Å²) in [5.41, 5.74) is 8.86. The second-order valence-electron chi connectivity index (χ2n) is 14.0. The monoisotopic (exact) mass is 598 g/mol. The highest BCUT2D eigenvalue weighted by Crippen LogP contribution is 2.58. The van der Waals surface area contributed by atoms with Gasteiger partial charge >= 0.3 is 0 Å². The number of hydrogen-bond donors (Lipinski definition) is 0. The van der Waals surface area contributed by atoms with Crippen molar-refractivity contribution in [1.82, 2.24) is 0 Å². The lowest BCUT2D eigenvalue weighted by Gasteiger charge is -2.47. The van der Waals surface area contributed by atoms with Crippen LogP contribution in [0.1, 0.15) is 123 Å². The summed E-state index contributed by atoms with van der Waals surface area (Å²) in [6.45, 7) is 1.17. The van der Waals surface area contributed by atoms with Crippen LogP contribution in [0.25, 0.3) is 11.1 Å². The Balaban J connectivity index is 1.23. The van der Waals surface area contributed by atoms with Crippen molar-refractivity contribution in [1.29, 1.82) is 0 Å². The molecule has 4 aromatic carbocycles. The molecule has 0 N–H and O–H groups in total. The Kier molecular flexibility index (Phi) is 8.03. The number of hydrogen-bond acceptors (Lipinski definition) is 3. The van der Waals surface area contributed by atoms with Gasteiger partial charge in [0.15, 0.2) is 0 Å². The van der Waals surface area contributed by atoms with Crippen molar-refractivity contribution in [3.8, 4) is 28.4 Å². The Morgan fingerprint density at radius 3 is 1.58 bits per heavy atom. The molecule has 3 fully saturated rings. The van der Waals surface area contributed by atoms with E-state index in [2.05, 4.69) is 84.9 Å². The topological polar surface area (TPSA) is 27.7 Å². The molecule has 45 heavy (non-hydrogen) atoms. The van der Waals surface area contributed by atoms with E-state index >= 15 is 0 Å². The van der Waals surface area contributed by atoms with Gasteiger partial charge in [0.2, 0.25) is 0 Å². The van der Waals surface area contributed by atoms with Gasteiger partial charge in [-0.15, -0.1) is 0 Å². The summed E-state index contributed by atoms with van der Waals surface area (Å²) in [5.74, 6) is 4.15. The third-order valence-electron chi connectivity index (χ3n) is 11.1. The smallest absolute Gasteiger partial charge is 0.135 e. The Labute approximate surface area is 268 Å². The van der Waals surface area contributed by atoms with Crippen LogP contribution in [0.2, 0.25) is 0 Å². The van der Waals surface area contributed by atoms with E-state index in [0.717, 1.165) is 30.1 Å². The largest absolute Gasteiger partial charge is 0.489 e. The third-order valence-corrected chi connectivity index (χ3v) is 11.1. The first-order chi connectivity index (χ1) is 22.3. The maximum atomic E-state index is 7.08. The van der Waals surface area contributed by atoms with Crippen LogP contribution < -0.4 is 14.2 Å². The average molecular weight is 599 g/mol. The van der Waals surface area contributed by atoms with Crippen molar-refractivity contribution in [2.45, 2.75) is 114 Å². The molecule has 1 aliphatic heterocycles. The lowest BCUT2D eigenvalue weighted by Crippen LogP contribution is -2.42. The second kappa shape index (κ2) is 12.6. The highest BCUT2D eigenvalue weighted by molar-refractivity contribution is 5.80. The lowest BCUT2D eigenvalue weighted by atomic mass is 9.69. The molecule has 0 unspecified atom stereocenters. The fourth-order valence-electron chi connectivity index (χ4n) is 8.39. The Bertz CT molecular complexity index is 1610. The number of rotatable bonds is 8. The molecular formula is C42H46O3. The molecule has 1 spiro atoms. The molecular weight excluding hydrogens is 552 g/mol. The summed E-state index contributed by atoms with van der Waals surface area (Å²) in [6.07, 6.45) is 16.1. The molecule has 4 aromatic rings. The van der Waals surface area contributed by atoms with Gasteiger partial charge in [-0.05, 0) is 103 Å². The van der Waals surface area contributed by atoms with Crippen LogP contribution >= 0.6 is 0 Å². The summed E-state index contributed by atoms with van der Waals surface area (Å²) in [7, 11) is 0. The van der Waals surface area contributed by atoms with Crippen LogP contribution in [0.3, 0.4) is 0 Å². The van der Waals surface area contributed by atoms with Crippen LogP contribution in [0.15, 0.2) is 84.9 Å². The zero-order valence-electron chi connectivity index (χ0n) is 26.6. The van der Waals surface area contributed by atoms with Gasteiger partial charge in [0.05, 0.1) is 0 Å². The molecule has 0 bridgehead atoms. The number of benzene rings is 4. The van der Waals surface area contributed by atoms with Crippen molar-refractivity contribution in [3.63, 3.8) is 0 Å². The fourth-order valence-corrected chi connectivity index (χ4v) is 8.39. The summed E-state index contributed by atoms with van der Waals surface area (Å²) in [5, 5.41) is 0. The molecule has 3 nitrogen and oxygen atoms in total. The highest BCUT2D eigenvalue weighted by Gasteiger charge is 2.47. The van der Waals surface area contributed by atoms with Gasteiger partial charge in [0.25, 0.3) is 0 Å². The highest BCUT2D eigenvalue weighted by atomic mass is 16.5. The molecule has 0 amide bonds. The number of ether oxygens (including phenoxy) is 3. The average Bonchev–Trinajstić information content (AvgIpc) is 3.09. The Morgan fingerprint density at radius 2 is 1.07 bits per heavy atom. The second-order valence-corrected chi connectivity index (χ2v) is 14.0. The molecule has 3 aliphatic carbocycles. The first-order valence-corrected chi connectivity index (χ1v) is 17.6. The van der Waals surface area contributed by atoms with Crippen LogP contribution in [-0.2, 0) is 18.8 Å². The standard InChI is InChI=1S/C42H46O3/c1-5-14-30(15-6-1)28-43-39-26-38-36(24-34(39)32-18-9-3-10-19-32)37-25-35(33-20-11-4-12-21-33)40(44-29-31-16-7-2-8-17-31)27-41(37)45-42(38)22-13-23-42/h1-2,5-8,14-17,24-27,32-33H,3-4,9-13,18-23,28-29H2. The summed E-state index contributed by atoms with van der Waals surface area (Å²) in [6, 6.07) is 30.8. The zero-order valence-corrected chi connectivity index (χ0v) is 26.6. The summed E-state index contributed by atoms with van der Waals surface area (Å²) >= 11 is 0. The fraction of sp³-hybridized carbons (Fsp3) is 0.429. The lowest BCUT2D eigenvalue weighted by molar-refractivity contribution is -0.0148. The molecule has 0 saturated heterocycles. The van der Waals surface area contributed by atoms with Crippen LogP contribution in [0.5, 0.6) is 17.2 Å². The van der Waals surface area contributed by atoms with E-state index in [4.69, 9.17) is 14.2 Å².